The lowest BCUT2D eigenvalue weighted by Gasteiger charge is -2.08. The van der Waals surface area contributed by atoms with Crippen molar-refractivity contribution in [1.29, 1.82) is 0 Å². The van der Waals surface area contributed by atoms with Gasteiger partial charge in [-0.15, -0.1) is 0 Å². The number of hydrogen-bond donors (Lipinski definition) is 1. The summed E-state index contributed by atoms with van der Waals surface area (Å²) in [7, 11) is -3.32. The van der Waals surface area contributed by atoms with Gasteiger partial charge < -0.3 is 0 Å². The topological polar surface area (TPSA) is 64.0 Å². The summed E-state index contributed by atoms with van der Waals surface area (Å²) in [6.07, 6.45) is 0.644. The number of benzene rings is 2. The Morgan fingerprint density at radius 3 is 2.27 bits per heavy atom. The van der Waals surface area contributed by atoms with E-state index in [1.54, 1.807) is 0 Å². The molecule has 0 aliphatic rings. The van der Waals surface area contributed by atoms with Gasteiger partial charge in [-0.25, -0.2) is 17.8 Å². The van der Waals surface area contributed by atoms with Crippen LogP contribution in [-0.4, -0.2) is 24.7 Å². The third-order valence-corrected chi connectivity index (χ3v) is 5.48. The van der Waals surface area contributed by atoms with Crippen molar-refractivity contribution in [1.82, 2.24) is 14.5 Å². The van der Waals surface area contributed by atoms with Gasteiger partial charge in [0.15, 0.2) is 0 Å². The lowest BCUT2D eigenvalue weighted by Crippen LogP contribution is -2.27. The van der Waals surface area contributed by atoms with Gasteiger partial charge in [-0.2, -0.15) is 5.10 Å². The first kappa shape index (κ1) is 18.4. The maximum Gasteiger partial charge on any atom is 0.215 e. The monoisotopic (exact) mass is 369 g/mol. The minimum atomic E-state index is -3.32. The number of hydrogen-bond acceptors (Lipinski definition) is 3. The van der Waals surface area contributed by atoms with Gasteiger partial charge in [0.05, 0.1) is 17.1 Å². The Labute approximate surface area is 154 Å². The zero-order chi connectivity index (χ0) is 18.6. The van der Waals surface area contributed by atoms with Crippen LogP contribution in [0.15, 0.2) is 60.7 Å². The highest BCUT2D eigenvalue weighted by Gasteiger charge is 2.10. The number of rotatable bonds is 7. The molecule has 5 nitrogen and oxygen atoms in total. The second kappa shape index (κ2) is 7.85. The Hall–Kier alpha value is -2.44. The Bertz CT molecular complexity index is 962. The van der Waals surface area contributed by atoms with Gasteiger partial charge in [-0.1, -0.05) is 42.5 Å². The van der Waals surface area contributed by atoms with Crippen LogP contribution >= 0.6 is 0 Å². The van der Waals surface area contributed by atoms with Crippen LogP contribution < -0.4 is 4.72 Å². The minimum absolute atomic E-state index is 0.00467. The molecular weight excluding hydrogens is 346 g/mol. The third kappa shape index (κ3) is 4.80. The predicted molar refractivity (Wildman–Crippen MR) is 104 cm³/mol. The summed E-state index contributed by atoms with van der Waals surface area (Å²) in [4.78, 5) is 0. The van der Waals surface area contributed by atoms with Gasteiger partial charge in [-0.3, -0.25) is 0 Å². The molecule has 0 saturated heterocycles. The molecular formula is C20H23N3O2S. The Kier molecular flexibility index (Phi) is 5.54. The van der Waals surface area contributed by atoms with Crippen LogP contribution in [0.2, 0.25) is 0 Å². The Morgan fingerprint density at radius 2 is 1.65 bits per heavy atom. The molecule has 26 heavy (non-hydrogen) atoms. The predicted octanol–water partition coefficient (Wildman–Crippen LogP) is 3.15. The number of sulfonamides is 1. The highest BCUT2D eigenvalue weighted by Crippen LogP contribution is 2.13. The molecule has 136 valence electrons. The highest BCUT2D eigenvalue weighted by atomic mass is 32.2. The van der Waals surface area contributed by atoms with Gasteiger partial charge in [-0.05, 0) is 49.6 Å². The van der Waals surface area contributed by atoms with Crippen LogP contribution in [0, 0.1) is 13.8 Å². The first-order valence-corrected chi connectivity index (χ1v) is 10.2. The summed E-state index contributed by atoms with van der Waals surface area (Å²) in [5.74, 6) is 0.00467. The minimum Gasteiger partial charge on any atom is -0.238 e. The van der Waals surface area contributed by atoms with Crippen LogP contribution in [-0.2, 0) is 22.2 Å². The molecule has 1 aromatic heterocycles. The molecule has 0 bridgehead atoms. The van der Waals surface area contributed by atoms with E-state index < -0.39 is 10.0 Å². The van der Waals surface area contributed by atoms with Crippen LogP contribution in [0.25, 0.3) is 5.69 Å². The molecule has 3 aromatic rings. The average Bonchev–Trinajstić information content (AvgIpc) is 2.94. The van der Waals surface area contributed by atoms with E-state index in [0.717, 1.165) is 28.2 Å². The Balaban J connectivity index is 1.56. The van der Waals surface area contributed by atoms with Crippen molar-refractivity contribution in [2.45, 2.75) is 26.0 Å². The van der Waals surface area contributed by atoms with Crippen molar-refractivity contribution in [2.24, 2.45) is 0 Å². The fourth-order valence-electron chi connectivity index (χ4n) is 2.89. The van der Waals surface area contributed by atoms with Gasteiger partial charge in [0.1, 0.15) is 0 Å². The zero-order valence-corrected chi connectivity index (χ0v) is 15.8. The maximum atomic E-state index is 12.1. The summed E-state index contributed by atoms with van der Waals surface area (Å²) < 4.78 is 28.9. The van der Waals surface area contributed by atoms with E-state index in [1.807, 2.05) is 79.2 Å². The first-order valence-electron chi connectivity index (χ1n) is 8.57. The SMILES string of the molecule is Cc1cc(C)n(-c2ccc(CCNS(=O)(=O)Cc3ccccc3)cc2)n1. The van der Waals surface area contributed by atoms with Gasteiger partial charge >= 0.3 is 0 Å². The summed E-state index contributed by atoms with van der Waals surface area (Å²) in [6, 6.07) is 19.3. The third-order valence-electron chi connectivity index (χ3n) is 4.13. The Morgan fingerprint density at radius 1 is 0.962 bits per heavy atom. The maximum absolute atomic E-state index is 12.1. The van der Waals surface area contributed by atoms with Crippen LogP contribution in [0.4, 0.5) is 0 Å². The lowest BCUT2D eigenvalue weighted by atomic mass is 10.1. The summed E-state index contributed by atoms with van der Waals surface area (Å²) >= 11 is 0. The van der Waals surface area contributed by atoms with E-state index in [0.29, 0.717) is 13.0 Å². The van der Waals surface area contributed by atoms with E-state index in [4.69, 9.17) is 0 Å². The van der Waals surface area contributed by atoms with E-state index in [1.165, 1.54) is 0 Å². The van der Waals surface area contributed by atoms with Crippen LogP contribution in [0.1, 0.15) is 22.5 Å². The molecule has 0 radical (unpaired) electrons. The lowest BCUT2D eigenvalue weighted by molar-refractivity contribution is 0.581. The fourth-order valence-corrected chi connectivity index (χ4v) is 4.04. The molecule has 6 heteroatoms. The fraction of sp³-hybridized carbons (Fsp3) is 0.250. The quantitative estimate of drug-likeness (QED) is 0.696. The number of nitrogens with zero attached hydrogens (tertiary/aromatic N) is 2. The van der Waals surface area contributed by atoms with E-state index in [2.05, 4.69) is 9.82 Å². The second-order valence-electron chi connectivity index (χ2n) is 6.39. The molecule has 0 unspecified atom stereocenters. The second-order valence-corrected chi connectivity index (χ2v) is 8.20. The normalized spacial score (nSPS) is 11.6. The summed E-state index contributed by atoms with van der Waals surface area (Å²) in [5.41, 5.74) is 4.94. The molecule has 1 heterocycles. The van der Waals surface area contributed by atoms with Gasteiger partial charge in [0.2, 0.25) is 10.0 Å². The zero-order valence-electron chi connectivity index (χ0n) is 15.0. The highest BCUT2D eigenvalue weighted by molar-refractivity contribution is 7.88. The molecule has 0 amide bonds. The molecule has 0 saturated carbocycles. The molecule has 0 aliphatic carbocycles. The van der Waals surface area contributed by atoms with E-state index in [-0.39, 0.29) is 5.75 Å². The van der Waals surface area contributed by atoms with Gasteiger partial charge in [0, 0.05) is 12.2 Å². The van der Waals surface area contributed by atoms with E-state index in [9.17, 15) is 8.42 Å². The molecule has 0 fully saturated rings. The van der Waals surface area contributed by atoms with Gasteiger partial charge in [0.25, 0.3) is 0 Å². The number of nitrogens with one attached hydrogen (secondary N) is 1. The molecule has 1 N–H and O–H groups in total. The van der Waals surface area contributed by atoms with Crippen molar-refractivity contribution in [2.75, 3.05) is 6.54 Å². The van der Waals surface area contributed by atoms with Crippen molar-refractivity contribution < 1.29 is 8.42 Å². The van der Waals surface area contributed by atoms with E-state index >= 15 is 0 Å². The summed E-state index contributed by atoms with van der Waals surface area (Å²) in [5, 5.41) is 4.47. The smallest absolute Gasteiger partial charge is 0.215 e. The first-order chi connectivity index (χ1) is 12.4. The average molecular weight is 369 g/mol. The van der Waals surface area contributed by atoms with Crippen molar-refractivity contribution in [3.05, 3.63) is 83.2 Å². The summed E-state index contributed by atoms with van der Waals surface area (Å²) in [6.45, 7) is 4.38. The van der Waals surface area contributed by atoms with Crippen molar-refractivity contribution in [3.8, 4) is 5.69 Å². The largest absolute Gasteiger partial charge is 0.238 e. The van der Waals surface area contributed by atoms with Crippen LogP contribution in [0.5, 0.6) is 0 Å². The van der Waals surface area contributed by atoms with Crippen LogP contribution in [0.3, 0.4) is 0 Å². The number of aromatic nitrogens is 2. The molecule has 2 aromatic carbocycles. The van der Waals surface area contributed by atoms with Crippen molar-refractivity contribution in [3.63, 3.8) is 0 Å². The number of aryl methyl sites for hydroxylation is 2. The molecule has 0 aliphatic heterocycles. The van der Waals surface area contributed by atoms with Crippen molar-refractivity contribution >= 4 is 10.0 Å². The standard InChI is InChI=1S/C20H23N3O2S/c1-16-14-17(2)23(22-16)20-10-8-18(9-11-20)12-13-21-26(24,25)15-19-6-4-3-5-7-19/h3-11,14,21H,12-13,15H2,1-2H3. The molecule has 3 rings (SSSR count). The molecule has 0 spiro atoms. The molecule has 0 atom stereocenters.